The molecule has 0 aliphatic carbocycles. The Morgan fingerprint density at radius 1 is 1.17 bits per heavy atom. The lowest BCUT2D eigenvalue weighted by Crippen LogP contribution is -2.41. The molecule has 0 aromatic rings. The molecule has 7 nitrogen and oxygen atoms in total. The van der Waals surface area contributed by atoms with E-state index in [1.165, 1.54) is 0 Å². The monoisotopic (exact) mass is 259 g/mol. The number of carboxylic acids is 1. The van der Waals surface area contributed by atoms with Crippen molar-refractivity contribution in [3.8, 4) is 0 Å². The molecular weight excluding hydrogens is 238 g/mol. The quantitative estimate of drug-likeness (QED) is 0.293. The average Bonchev–Trinajstić information content (AvgIpc) is 2.34. The topological polar surface area (TPSA) is 136 Å². The summed E-state index contributed by atoms with van der Waals surface area (Å²) in [4.78, 5) is 31.9. The first kappa shape index (κ1) is 16.5. The van der Waals surface area contributed by atoms with Gasteiger partial charge in [0, 0.05) is 13.0 Å². The number of nitrogens with two attached hydrogens (primary N) is 2. The highest BCUT2D eigenvalue weighted by atomic mass is 16.4. The molecule has 0 aromatic carbocycles. The van der Waals surface area contributed by atoms with Gasteiger partial charge in [-0.3, -0.25) is 9.59 Å². The Balaban J connectivity index is 3.56. The molecule has 6 N–H and O–H groups in total. The normalized spacial score (nSPS) is 13.7. The SMILES string of the molecule is NC(CCCCNC(=O)C(N)CCC=O)C(=O)O. The van der Waals surface area contributed by atoms with Gasteiger partial charge in [-0.2, -0.15) is 0 Å². The zero-order valence-electron chi connectivity index (χ0n) is 10.3. The predicted octanol–water partition coefficient (Wildman–Crippen LogP) is -1.01. The van der Waals surface area contributed by atoms with Crippen molar-refractivity contribution in [1.29, 1.82) is 0 Å². The molecule has 0 rings (SSSR count). The number of amides is 1. The second kappa shape index (κ2) is 9.55. The number of hydrogen-bond donors (Lipinski definition) is 4. The highest BCUT2D eigenvalue weighted by Crippen LogP contribution is 1.99. The van der Waals surface area contributed by atoms with Gasteiger partial charge in [0.15, 0.2) is 0 Å². The van der Waals surface area contributed by atoms with Gasteiger partial charge < -0.3 is 26.7 Å². The Labute approximate surface area is 106 Å². The zero-order valence-corrected chi connectivity index (χ0v) is 10.3. The third-order valence-corrected chi connectivity index (χ3v) is 2.49. The number of carbonyl (C=O) groups is 3. The summed E-state index contributed by atoms with van der Waals surface area (Å²) in [6.07, 6.45) is 2.97. The van der Waals surface area contributed by atoms with Gasteiger partial charge in [0.25, 0.3) is 0 Å². The Morgan fingerprint density at radius 3 is 2.39 bits per heavy atom. The molecule has 2 unspecified atom stereocenters. The van der Waals surface area contributed by atoms with E-state index in [0.717, 1.165) is 6.29 Å². The summed E-state index contributed by atoms with van der Waals surface area (Å²) >= 11 is 0. The molecule has 1 amide bonds. The number of aliphatic carboxylic acids is 1. The Bertz CT molecular complexity index is 283. The van der Waals surface area contributed by atoms with Crippen molar-refractivity contribution < 1.29 is 19.5 Å². The van der Waals surface area contributed by atoms with Crippen LogP contribution in [0.15, 0.2) is 0 Å². The maximum absolute atomic E-state index is 11.4. The zero-order chi connectivity index (χ0) is 14.0. The molecule has 7 heteroatoms. The highest BCUT2D eigenvalue weighted by Gasteiger charge is 2.13. The number of carbonyl (C=O) groups excluding carboxylic acids is 2. The number of unbranched alkanes of at least 4 members (excludes halogenated alkanes) is 1. The fourth-order valence-corrected chi connectivity index (χ4v) is 1.33. The molecule has 104 valence electrons. The summed E-state index contributed by atoms with van der Waals surface area (Å²) in [6.45, 7) is 0.431. The first-order chi connectivity index (χ1) is 8.49. The summed E-state index contributed by atoms with van der Waals surface area (Å²) < 4.78 is 0. The smallest absolute Gasteiger partial charge is 0.320 e. The fourth-order valence-electron chi connectivity index (χ4n) is 1.33. The van der Waals surface area contributed by atoms with Crippen molar-refractivity contribution in [2.24, 2.45) is 11.5 Å². The molecule has 0 aliphatic heterocycles. The number of nitrogens with one attached hydrogen (secondary N) is 1. The minimum absolute atomic E-state index is 0.266. The van der Waals surface area contributed by atoms with Crippen LogP contribution < -0.4 is 16.8 Å². The van der Waals surface area contributed by atoms with Gasteiger partial charge in [0.2, 0.25) is 5.91 Å². The number of carboxylic acid groups (broad SMARTS) is 1. The Kier molecular flexibility index (Phi) is 8.77. The second-order valence-corrected chi connectivity index (χ2v) is 4.08. The van der Waals surface area contributed by atoms with Crippen LogP contribution in [-0.4, -0.2) is 41.9 Å². The van der Waals surface area contributed by atoms with Crippen molar-refractivity contribution >= 4 is 18.2 Å². The van der Waals surface area contributed by atoms with Crippen LogP contribution in [0, 0.1) is 0 Å². The van der Waals surface area contributed by atoms with Crippen LogP contribution in [0.3, 0.4) is 0 Å². The van der Waals surface area contributed by atoms with E-state index in [1.54, 1.807) is 0 Å². The van der Waals surface area contributed by atoms with Crippen LogP contribution in [-0.2, 0) is 14.4 Å². The van der Waals surface area contributed by atoms with Crippen molar-refractivity contribution in [3.63, 3.8) is 0 Å². The molecule has 0 aromatic heterocycles. The van der Waals surface area contributed by atoms with Crippen molar-refractivity contribution in [3.05, 3.63) is 0 Å². The van der Waals surface area contributed by atoms with E-state index >= 15 is 0 Å². The minimum atomic E-state index is -1.02. The lowest BCUT2D eigenvalue weighted by molar-refractivity contribution is -0.138. The van der Waals surface area contributed by atoms with Crippen LogP contribution in [0.1, 0.15) is 32.1 Å². The number of rotatable bonds is 10. The molecule has 0 saturated heterocycles. The minimum Gasteiger partial charge on any atom is -0.480 e. The molecule has 2 atom stereocenters. The summed E-state index contributed by atoms with van der Waals surface area (Å²) in [6, 6.07) is -1.52. The first-order valence-electron chi connectivity index (χ1n) is 5.94. The third kappa shape index (κ3) is 7.75. The summed E-state index contributed by atoms with van der Waals surface area (Å²) in [7, 11) is 0. The summed E-state index contributed by atoms with van der Waals surface area (Å²) in [5.41, 5.74) is 10.9. The fraction of sp³-hybridized carbons (Fsp3) is 0.727. The van der Waals surface area contributed by atoms with Gasteiger partial charge in [0.1, 0.15) is 12.3 Å². The van der Waals surface area contributed by atoms with Crippen LogP contribution in [0.25, 0.3) is 0 Å². The van der Waals surface area contributed by atoms with Crippen LogP contribution >= 0.6 is 0 Å². The van der Waals surface area contributed by atoms with Crippen LogP contribution in [0.4, 0.5) is 0 Å². The molecule has 0 aliphatic rings. The first-order valence-corrected chi connectivity index (χ1v) is 5.94. The standard InChI is InChI=1S/C11H21N3O4/c12-8(5-3-7-15)10(16)14-6-2-1-4-9(13)11(17)18/h7-9H,1-6,12-13H2,(H,14,16)(H,17,18). The van der Waals surface area contributed by atoms with E-state index in [-0.39, 0.29) is 12.3 Å². The van der Waals surface area contributed by atoms with Gasteiger partial charge in [-0.15, -0.1) is 0 Å². The van der Waals surface area contributed by atoms with Gasteiger partial charge in [0.05, 0.1) is 6.04 Å². The van der Waals surface area contributed by atoms with E-state index < -0.39 is 18.1 Å². The summed E-state index contributed by atoms with van der Waals surface area (Å²) in [5.74, 6) is -1.31. The Hall–Kier alpha value is -1.47. The van der Waals surface area contributed by atoms with Gasteiger partial charge in [-0.25, -0.2) is 0 Å². The summed E-state index contributed by atoms with van der Waals surface area (Å²) in [5, 5.41) is 11.2. The average molecular weight is 259 g/mol. The van der Waals surface area contributed by atoms with E-state index in [1.807, 2.05) is 0 Å². The molecule has 0 saturated carbocycles. The Morgan fingerprint density at radius 2 is 1.83 bits per heavy atom. The van der Waals surface area contributed by atoms with E-state index in [4.69, 9.17) is 16.6 Å². The van der Waals surface area contributed by atoms with Crippen molar-refractivity contribution in [2.45, 2.75) is 44.2 Å². The van der Waals surface area contributed by atoms with E-state index in [9.17, 15) is 14.4 Å². The molecular formula is C11H21N3O4. The van der Waals surface area contributed by atoms with E-state index in [0.29, 0.717) is 32.2 Å². The third-order valence-electron chi connectivity index (χ3n) is 2.49. The van der Waals surface area contributed by atoms with E-state index in [2.05, 4.69) is 5.32 Å². The highest BCUT2D eigenvalue weighted by molar-refractivity contribution is 5.81. The van der Waals surface area contributed by atoms with Crippen molar-refractivity contribution in [2.75, 3.05) is 6.54 Å². The van der Waals surface area contributed by atoms with Crippen LogP contribution in [0.5, 0.6) is 0 Å². The van der Waals surface area contributed by atoms with Crippen molar-refractivity contribution in [1.82, 2.24) is 5.32 Å². The van der Waals surface area contributed by atoms with Gasteiger partial charge >= 0.3 is 5.97 Å². The number of hydrogen-bond acceptors (Lipinski definition) is 5. The lowest BCUT2D eigenvalue weighted by atomic mass is 10.1. The maximum Gasteiger partial charge on any atom is 0.320 e. The lowest BCUT2D eigenvalue weighted by Gasteiger charge is -2.11. The number of aldehydes is 1. The molecule has 0 spiro atoms. The molecule has 0 bridgehead atoms. The largest absolute Gasteiger partial charge is 0.480 e. The maximum atomic E-state index is 11.4. The molecule has 0 radical (unpaired) electrons. The second-order valence-electron chi connectivity index (χ2n) is 4.08. The van der Waals surface area contributed by atoms with Gasteiger partial charge in [-0.05, 0) is 25.7 Å². The van der Waals surface area contributed by atoms with Crippen LogP contribution in [0.2, 0.25) is 0 Å². The molecule has 18 heavy (non-hydrogen) atoms. The molecule has 0 heterocycles. The molecule has 0 fully saturated rings. The van der Waals surface area contributed by atoms with Gasteiger partial charge in [-0.1, -0.05) is 0 Å². The predicted molar refractivity (Wildman–Crippen MR) is 65.7 cm³/mol.